The van der Waals surface area contributed by atoms with Gasteiger partial charge in [0.1, 0.15) is 10.3 Å². The first-order valence-corrected chi connectivity index (χ1v) is 13.5. The molecular weight excluding hydrogens is 458 g/mol. The summed E-state index contributed by atoms with van der Waals surface area (Å²) in [5, 5.41) is 0.954. The molecule has 0 aliphatic carbocycles. The number of nitrogens with zero attached hydrogens (tertiary/aromatic N) is 5. The Balaban J connectivity index is 1.29. The highest BCUT2D eigenvalue weighted by Crippen LogP contribution is 2.27. The third-order valence-electron chi connectivity index (χ3n) is 5.95. The molecule has 8 nitrogen and oxygen atoms in total. The van der Waals surface area contributed by atoms with Crippen molar-refractivity contribution in [3.63, 3.8) is 0 Å². The van der Waals surface area contributed by atoms with Gasteiger partial charge in [0.2, 0.25) is 15.9 Å². The summed E-state index contributed by atoms with van der Waals surface area (Å²) < 4.78 is 26.7. The zero-order chi connectivity index (χ0) is 23.4. The van der Waals surface area contributed by atoms with Crippen molar-refractivity contribution in [2.24, 2.45) is 0 Å². The molecule has 4 rings (SSSR count). The van der Waals surface area contributed by atoms with Crippen molar-refractivity contribution >= 4 is 42.7 Å². The van der Waals surface area contributed by atoms with Gasteiger partial charge in [0.05, 0.1) is 4.90 Å². The summed E-state index contributed by atoms with van der Waals surface area (Å²) in [6, 6.07) is 10.7. The number of aromatic nitrogens is 2. The van der Waals surface area contributed by atoms with Gasteiger partial charge in [-0.15, -0.1) is 0 Å². The normalized spacial score (nSPS) is 14.9. The van der Waals surface area contributed by atoms with E-state index in [4.69, 9.17) is 0 Å². The van der Waals surface area contributed by atoms with Crippen LogP contribution >= 0.6 is 11.3 Å². The van der Waals surface area contributed by atoms with E-state index in [-0.39, 0.29) is 5.91 Å². The summed E-state index contributed by atoms with van der Waals surface area (Å²) in [6.07, 6.45) is 2.78. The van der Waals surface area contributed by atoms with Crippen LogP contribution in [0.1, 0.15) is 25.8 Å². The zero-order valence-electron chi connectivity index (χ0n) is 19.0. The maximum Gasteiger partial charge on any atom is 0.243 e. The minimum absolute atomic E-state index is 0.125. The van der Waals surface area contributed by atoms with Crippen molar-refractivity contribution in [2.75, 3.05) is 44.2 Å². The number of hydrogen-bond donors (Lipinski definition) is 0. The van der Waals surface area contributed by atoms with Crippen LogP contribution in [0.15, 0.2) is 47.5 Å². The molecule has 3 heterocycles. The van der Waals surface area contributed by atoms with Crippen molar-refractivity contribution in [1.29, 1.82) is 0 Å². The molecule has 2 aromatic heterocycles. The van der Waals surface area contributed by atoms with Crippen LogP contribution in [0.4, 0.5) is 5.13 Å². The zero-order valence-corrected chi connectivity index (χ0v) is 20.6. The first-order valence-electron chi connectivity index (χ1n) is 11.3. The minimum Gasteiger partial charge on any atom is -0.344 e. The highest BCUT2D eigenvalue weighted by Gasteiger charge is 2.24. The van der Waals surface area contributed by atoms with Crippen LogP contribution in [-0.2, 0) is 21.2 Å². The second-order valence-electron chi connectivity index (χ2n) is 7.93. The Labute approximate surface area is 198 Å². The molecule has 10 heteroatoms. The van der Waals surface area contributed by atoms with E-state index in [1.54, 1.807) is 29.7 Å². The summed E-state index contributed by atoms with van der Waals surface area (Å²) in [4.78, 5) is 27.1. The van der Waals surface area contributed by atoms with Gasteiger partial charge in [-0.2, -0.15) is 4.31 Å². The predicted molar refractivity (Wildman–Crippen MR) is 131 cm³/mol. The van der Waals surface area contributed by atoms with E-state index in [1.807, 2.05) is 43.0 Å². The fourth-order valence-electron chi connectivity index (χ4n) is 3.99. The summed E-state index contributed by atoms with van der Waals surface area (Å²) in [5.74, 6) is 0.125. The molecular formula is C23H29N5O3S2. The molecule has 1 aromatic carbocycles. The van der Waals surface area contributed by atoms with Gasteiger partial charge in [0.25, 0.3) is 0 Å². The van der Waals surface area contributed by atoms with E-state index in [1.165, 1.54) is 4.31 Å². The van der Waals surface area contributed by atoms with Crippen molar-refractivity contribution in [2.45, 2.75) is 31.6 Å². The molecule has 0 N–H and O–H groups in total. The number of pyridine rings is 1. The lowest BCUT2D eigenvalue weighted by molar-refractivity contribution is -0.131. The molecule has 1 saturated heterocycles. The fraction of sp³-hybridized carbons (Fsp3) is 0.435. The molecule has 1 aliphatic rings. The molecule has 0 radical (unpaired) electrons. The first-order chi connectivity index (χ1) is 15.9. The van der Waals surface area contributed by atoms with E-state index in [9.17, 15) is 13.2 Å². The average molecular weight is 488 g/mol. The van der Waals surface area contributed by atoms with Crippen LogP contribution in [0.5, 0.6) is 0 Å². The minimum atomic E-state index is -3.46. The van der Waals surface area contributed by atoms with E-state index in [0.29, 0.717) is 43.9 Å². The largest absolute Gasteiger partial charge is 0.344 e. The molecule has 0 saturated carbocycles. The van der Waals surface area contributed by atoms with Gasteiger partial charge in [-0.1, -0.05) is 37.3 Å². The van der Waals surface area contributed by atoms with Crippen molar-refractivity contribution in [3.05, 3.63) is 48.2 Å². The van der Waals surface area contributed by atoms with E-state index in [2.05, 4.69) is 14.9 Å². The Morgan fingerprint density at radius 2 is 1.76 bits per heavy atom. The first kappa shape index (κ1) is 23.6. The molecule has 0 atom stereocenters. The van der Waals surface area contributed by atoms with Crippen LogP contribution in [0.2, 0.25) is 0 Å². The van der Waals surface area contributed by atoms with Crippen molar-refractivity contribution < 1.29 is 13.2 Å². The van der Waals surface area contributed by atoms with Crippen LogP contribution in [0, 0.1) is 0 Å². The second-order valence-corrected chi connectivity index (χ2v) is 10.8. The maximum absolute atomic E-state index is 12.7. The Morgan fingerprint density at radius 1 is 1.06 bits per heavy atom. The monoisotopic (exact) mass is 487 g/mol. The molecule has 0 spiro atoms. The van der Waals surface area contributed by atoms with E-state index < -0.39 is 10.0 Å². The highest BCUT2D eigenvalue weighted by molar-refractivity contribution is 7.89. The lowest BCUT2D eigenvalue weighted by Gasteiger charge is -2.34. The van der Waals surface area contributed by atoms with Crippen molar-refractivity contribution in [1.82, 2.24) is 19.2 Å². The van der Waals surface area contributed by atoms with Gasteiger partial charge in [0.15, 0.2) is 5.13 Å². The van der Waals surface area contributed by atoms with Gasteiger partial charge >= 0.3 is 0 Å². The standard InChI is InChI=1S/C23H29N5O3S2/c1-3-28(4-2)33(30,31)19-10-7-18(8-11-19)9-12-21(29)26-14-16-27(17-15-26)23-25-20-6-5-13-24-22(20)32-23/h5-8,10-11,13H,3-4,9,12,14-17H2,1-2H3. The number of rotatable bonds is 8. The SMILES string of the molecule is CCN(CC)S(=O)(=O)c1ccc(CCC(=O)N2CCN(c3nc4cccnc4s3)CC2)cc1. The number of piperazine rings is 1. The van der Waals surface area contributed by atoms with Crippen molar-refractivity contribution in [3.8, 4) is 0 Å². The third-order valence-corrected chi connectivity index (χ3v) is 9.06. The van der Waals surface area contributed by atoms with Gasteiger partial charge in [0, 0.05) is 51.9 Å². The number of amides is 1. The lowest BCUT2D eigenvalue weighted by atomic mass is 10.1. The van der Waals surface area contributed by atoms with Crippen LogP contribution in [0.25, 0.3) is 10.3 Å². The summed E-state index contributed by atoms with van der Waals surface area (Å²) in [7, 11) is -3.46. The molecule has 33 heavy (non-hydrogen) atoms. The molecule has 1 aliphatic heterocycles. The number of aryl methyl sites for hydroxylation is 1. The molecule has 1 amide bonds. The van der Waals surface area contributed by atoms with Gasteiger partial charge in [-0.05, 0) is 36.2 Å². The van der Waals surface area contributed by atoms with Gasteiger partial charge in [-0.25, -0.2) is 18.4 Å². The summed E-state index contributed by atoms with van der Waals surface area (Å²) >= 11 is 1.58. The molecule has 0 bridgehead atoms. The summed E-state index contributed by atoms with van der Waals surface area (Å²) in [5.41, 5.74) is 1.87. The average Bonchev–Trinajstić information content (AvgIpc) is 3.28. The predicted octanol–water partition coefficient (Wildman–Crippen LogP) is 3.00. The van der Waals surface area contributed by atoms with Gasteiger partial charge < -0.3 is 9.80 Å². The fourth-order valence-corrected chi connectivity index (χ4v) is 6.41. The third kappa shape index (κ3) is 5.18. The van der Waals surface area contributed by atoms with E-state index in [0.717, 1.165) is 34.1 Å². The number of carbonyl (C=O) groups is 1. The number of benzene rings is 1. The van der Waals surface area contributed by atoms with Gasteiger partial charge in [-0.3, -0.25) is 4.79 Å². The molecule has 3 aromatic rings. The quantitative estimate of drug-likeness (QED) is 0.486. The Bertz CT molecular complexity index is 1170. The molecule has 176 valence electrons. The number of thiazole rings is 1. The number of fused-ring (bicyclic) bond motifs is 1. The number of anilines is 1. The van der Waals surface area contributed by atoms with Crippen LogP contribution < -0.4 is 4.90 Å². The highest BCUT2D eigenvalue weighted by atomic mass is 32.2. The number of hydrogen-bond acceptors (Lipinski definition) is 7. The second kappa shape index (κ2) is 10.1. The molecule has 1 fully saturated rings. The Morgan fingerprint density at radius 3 is 2.39 bits per heavy atom. The topological polar surface area (TPSA) is 86.7 Å². The van der Waals surface area contributed by atoms with Crippen LogP contribution in [-0.4, -0.2) is 72.8 Å². The Hall–Kier alpha value is -2.56. The van der Waals surface area contributed by atoms with E-state index >= 15 is 0 Å². The smallest absolute Gasteiger partial charge is 0.243 e. The van der Waals surface area contributed by atoms with Crippen LogP contribution in [0.3, 0.4) is 0 Å². The number of sulfonamides is 1. The lowest BCUT2D eigenvalue weighted by Crippen LogP contribution is -2.48. The molecule has 0 unspecified atom stereocenters. The number of carbonyl (C=O) groups excluding carboxylic acids is 1. The Kier molecular flexibility index (Phi) is 7.26. The maximum atomic E-state index is 12.7. The summed E-state index contributed by atoms with van der Waals surface area (Å²) in [6.45, 7) is 7.39.